The van der Waals surface area contributed by atoms with Gasteiger partial charge in [0.2, 0.25) is 10.0 Å². The molecule has 1 aromatic carbocycles. The number of carboxylic acids is 1. The molecule has 6 nitrogen and oxygen atoms in total. The molecular weight excluding hydrogens is 292 g/mol. The van der Waals surface area contributed by atoms with Crippen LogP contribution in [0, 0.1) is 6.92 Å². The van der Waals surface area contributed by atoms with Gasteiger partial charge in [-0.1, -0.05) is 12.1 Å². The van der Waals surface area contributed by atoms with Crippen molar-refractivity contribution in [2.45, 2.75) is 18.2 Å². The molecule has 7 heteroatoms. The minimum absolute atomic E-state index is 0.0834. The summed E-state index contributed by atoms with van der Waals surface area (Å²) in [5.74, 6) is -1.04. The van der Waals surface area contributed by atoms with Crippen LogP contribution in [-0.2, 0) is 14.8 Å². The van der Waals surface area contributed by atoms with Crippen LogP contribution in [0.5, 0.6) is 0 Å². The van der Waals surface area contributed by atoms with Gasteiger partial charge in [-0.05, 0) is 24.6 Å². The number of benzene rings is 1. The molecule has 21 heavy (non-hydrogen) atoms. The number of aliphatic carboxylic acids is 1. The molecule has 0 atom stereocenters. The van der Waals surface area contributed by atoms with E-state index in [1.54, 1.807) is 18.3 Å². The van der Waals surface area contributed by atoms with Gasteiger partial charge in [0.1, 0.15) is 4.90 Å². The van der Waals surface area contributed by atoms with Gasteiger partial charge in [0.25, 0.3) is 0 Å². The van der Waals surface area contributed by atoms with Crippen LogP contribution < -0.4 is 0 Å². The molecule has 2 aromatic rings. The number of pyridine rings is 1. The molecule has 0 amide bonds. The van der Waals surface area contributed by atoms with Crippen molar-refractivity contribution in [2.75, 3.05) is 13.6 Å². The van der Waals surface area contributed by atoms with Crippen LogP contribution in [0.4, 0.5) is 0 Å². The maximum atomic E-state index is 12.5. The van der Waals surface area contributed by atoms with Crippen molar-refractivity contribution < 1.29 is 18.3 Å². The lowest BCUT2D eigenvalue weighted by Gasteiger charge is -2.17. The molecule has 0 fully saturated rings. The predicted octanol–water partition coefficient (Wildman–Crippen LogP) is 1.64. The van der Waals surface area contributed by atoms with Crippen molar-refractivity contribution in [3.63, 3.8) is 0 Å². The maximum Gasteiger partial charge on any atom is 0.304 e. The SMILES string of the molecule is Cc1cnc2c(S(=O)(=O)N(C)CCC(=O)O)cccc2c1. The van der Waals surface area contributed by atoms with Crippen LogP contribution in [-0.4, -0.2) is 42.4 Å². The monoisotopic (exact) mass is 308 g/mol. The number of hydrogen-bond acceptors (Lipinski definition) is 4. The molecule has 0 bridgehead atoms. The molecule has 0 aliphatic rings. The van der Waals surface area contributed by atoms with Gasteiger partial charge in [0, 0.05) is 25.2 Å². The quantitative estimate of drug-likeness (QED) is 0.907. The highest BCUT2D eigenvalue weighted by atomic mass is 32.2. The van der Waals surface area contributed by atoms with E-state index < -0.39 is 16.0 Å². The number of fused-ring (bicyclic) bond motifs is 1. The first-order valence-corrected chi connectivity index (χ1v) is 7.80. The van der Waals surface area contributed by atoms with Gasteiger partial charge >= 0.3 is 5.97 Å². The van der Waals surface area contributed by atoms with Crippen molar-refractivity contribution in [1.29, 1.82) is 0 Å². The summed E-state index contributed by atoms with van der Waals surface area (Å²) in [6, 6.07) is 6.79. The molecular formula is C14H16N2O4S. The summed E-state index contributed by atoms with van der Waals surface area (Å²) in [6.45, 7) is 1.80. The number of rotatable bonds is 5. The lowest BCUT2D eigenvalue weighted by molar-refractivity contribution is -0.137. The Morgan fingerprint density at radius 2 is 2.10 bits per heavy atom. The van der Waals surface area contributed by atoms with Crippen molar-refractivity contribution in [3.8, 4) is 0 Å². The van der Waals surface area contributed by atoms with E-state index in [1.165, 1.54) is 13.1 Å². The molecule has 0 aliphatic carbocycles. The lowest BCUT2D eigenvalue weighted by Crippen LogP contribution is -2.29. The second-order valence-corrected chi connectivity index (χ2v) is 6.82. The first-order valence-electron chi connectivity index (χ1n) is 6.36. The van der Waals surface area contributed by atoms with Gasteiger partial charge in [0.15, 0.2) is 0 Å². The molecule has 0 saturated carbocycles. The van der Waals surface area contributed by atoms with Gasteiger partial charge < -0.3 is 5.11 Å². The largest absolute Gasteiger partial charge is 0.481 e. The summed E-state index contributed by atoms with van der Waals surface area (Å²) in [7, 11) is -2.40. The fourth-order valence-corrected chi connectivity index (χ4v) is 3.33. The van der Waals surface area contributed by atoms with Gasteiger partial charge in [0.05, 0.1) is 11.9 Å². The average Bonchev–Trinajstić information content (AvgIpc) is 2.43. The molecule has 0 radical (unpaired) electrons. The molecule has 1 N–H and O–H groups in total. The zero-order chi connectivity index (χ0) is 15.6. The number of aromatic nitrogens is 1. The molecule has 0 saturated heterocycles. The summed E-state index contributed by atoms with van der Waals surface area (Å²) >= 11 is 0. The standard InChI is InChI=1S/C14H16N2O4S/c1-10-8-11-4-3-5-12(14(11)15-9-10)21(19,20)16(2)7-6-13(17)18/h3-5,8-9H,6-7H2,1-2H3,(H,17,18). The number of sulfonamides is 1. The Labute approximate surface area is 123 Å². The smallest absolute Gasteiger partial charge is 0.304 e. The van der Waals surface area contributed by atoms with Crippen LogP contribution in [0.1, 0.15) is 12.0 Å². The Hall–Kier alpha value is -1.99. The average molecular weight is 308 g/mol. The first kappa shape index (κ1) is 15.4. The number of carbonyl (C=O) groups is 1. The minimum Gasteiger partial charge on any atom is -0.481 e. The molecule has 112 valence electrons. The fourth-order valence-electron chi connectivity index (χ4n) is 1.99. The molecule has 1 aromatic heterocycles. The molecule has 0 spiro atoms. The highest BCUT2D eigenvalue weighted by molar-refractivity contribution is 7.89. The third-order valence-electron chi connectivity index (χ3n) is 3.14. The first-order chi connectivity index (χ1) is 9.82. The van der Waals surface area contributed by atoms with Crippen LogP contribution >= 0.6 is 0 Å². The third kappa shape index (κ3) is 3.20. The van der Waals surface area contributed by atoms with Crippen LogP contribution in [0.3, 0.4) is 0 Å². The van der Waals surface area contributed by atoms with E-state index in [0.29, 0.717) is 5.52 Å². The Kier molecular flexibility index (Phi) is 4.24. The van der Waals surface area contributed by atoms with E-state index in [0.717, 1.165) is 15.3 Å². The fraction of sp³-hybridized carbons (Fsp3) is 0.286. The normalized spacial score (nSPS) is 12.0. The molecule has 0 unspecified atom stereocenters. The van der Waals surface area contributed by atoms with E-state index in [4.69, 9.17) is 5.11 Å². The van der Waals surface area contributed by atoms with Crippen molar-refractivity contribution in [2.24, 2.45) is 0 Å². The Bertz CT molecular complexity index is 787. The Morgan fingerprint density at radius 3 is 2.76 bits per heavy atom. The molecule has 1 heterocycles. The Balaban J connectivity index is 2.47. The van der Waals surface area contributed by atoms with Gasteiger partial charge in [-0.25, -0.2) is 12.7 Å². The molecule has 0 aliphatic heterocycles. The highest BCUT2D eigenvalue weighted by Gasteiger charge is 2.24. The van der Waals surface area contributed by atoms with Gasteiger partial charge in [-0.15, -0.1) is 0 Å². The Morgan fingerprint density at radius 1 is 1.38 bits per heavy atom. The number of carboxylic acid groups (broad SMARTS) is 1. The summed E-state index contributed by atoms with van der Waals surface area (Å²) in [5, 5.41) is 9.41. The summed E-state index contributed by atoms with van der Waals surface area (Å²) in [6.07, 6.45) is 1.37. The summed E-state index contributed by atoms with van der Waals surface area (Å²) in [4.78, 5) is 14.9. The maximum absolute atomic E-state index is 12.5. The zero-order valence-electron chi connectivity index (χ0n) is 11.8. The highest BCUT2D eigenvalue weighted by Crippen LogP contribution is 2.24. The van der Waals surface area contributed by atoms with E-state index in [2.05, 4.69) is 4.98 Å². The summed E-state index contributed by atoms with van der Waals surface area (Å²) in [5.41, 5.74) is 1.33. The van der Waals surface area contributed by atoms with E-state index in [1.807, 2.05) is 13.0 Å². The predicted molar refractivity (Wildman–Crippen MR) is 78.5 cm³/mol. The van der Waals surface area contributed by atoms with Crippen molar-refractivity contribution in [3.05, 3.63) is 36.0 Å². The number of aryl methyl sites for hydroxylation is 1. The number of para-hydroxylation sites is 1. The van der Waals surface area contributed by atoms with Crippen LogP contribution in [0.25, 0.3) is 10.9 Å². The van der Waals surface area contributed by atoms with Gasteiger partial charge in [-0.3, -0.25) is 9.78 Å². The van der Waals surface area contributed by atoms with E-state index >= 15 is 0 Å². The second kappa shape index (κ2) is 5.79. The number of hydrogen-bond donors (Lipinski definition) is 1. The van der Waals surface area contributed by atoms with Gasteiger partial charge in [-0.2, -0.15) is 0 Å². The van der Waals surface area contributed by atoms with Crippen LogP contribution in [0.15, 0.2) is 35.4 Å². The zero-order valence-corrected chi connectivity index (χ0v) is 12.6. The van der Waals surface area contributed by atoms with Crippen LogP contribution in [0.2, 0.25) is 0 Å². The second-order valence-electron chi connectivity index (χ2n) is 4.81. The third-order valence-corrected chi connectivity index (χ3v) is 5.03. The van der Waals surface area contributed by atoms with E-state index in [-0.39, 0.29) is 17.9 Å². The molecule has 2 rings (SSSR count). The minimum atomic E-state index is -3.77. The van der Waals surface area contributed by atoms with Crippen molar-refractivity contribution in [1.82, 2.24) is 9.29 Å². The van der Waals surface area contributed by atoms with Crippen molar-refractivity contribution >= 4 is 26.9 Å². The number of nitrogens with zero attached hydrogens (tertiary/aromatic N) is 2. The summed E-state index contributed by atoms with van der Waals surface area (Å²) < 4.78 is 26.1. The topological polar surface area (TPSA) is 87.6 Å². The van der Waals surface area contributed by atoms with E-state index in [9.17, 15) is 13.2 Å². The lowest BCUT2D eigenvalue weighted by atomic mass is 10.2.